The van der Waals surface area contributed by atoms with Crippen molar-refractivity contribution in [2.24, 2.45) is 5.10 Å². The van der Waals surface area contributed by atoms with Gasteiger partial charge in [0.05, 0.1) is 13.3 Å². The van der Waals surface area contributed by atoms with Crippen molar-refractivity contribution in [3.05, 3.63) is 65.7 Å². The Kier molecular flexibility index (Phi) is 8.97. The molecule has 0 fully saturated rings. The van der Waals surface area contributed by atoms with Crippen molar-refractivity contribution in [1.82, 2.24) is 10.7 Å². The topological polar surface area (TPSA) is 118 Å². The van der Waals surface area contributed by atoms with Gasteiger partial charge >= 0.3 is 11.8 Å². The van der Waals surface area contributed by atoms with Crippen LogP contribution < -0.4 is 25.5 Å². The van der Waals surface area contributed by atoms with Gasteiger partial charge in [0.25, 0.3) is 5.91 Å². The van der Waals surface area contributed by atoms with E-state index in [4.69, 9.17) is 9.47 Å². The summed E-state index contributed by atoms with van der Waals surface area (Å²) in [6.45, 7) is 7.39. The summed E-state index contributed by atoms with van der Waals surface area (Å²) < 4.78 is 10.9. The molecule has 0 heterocycles. The zero-order chi connectivity index (χ0) is 23.5. The van der Waals surface area contributed by atoms with Gasteiger partial charge in [-0.05, 0) is 60.9 Å². The van der Waals surface area contributed by atoms with Crippen molar-refractivity contribution in [3.63, 3.8) is 0 Å². The predicted molar refractivity (Wildman–Crippen MR) is 122 cm³/mol. The first-order valence-corrected chi connectivity index (χ1v) is 9.74. The van der Waals surface area contributed by atoms with Gasteiger partial charge in [-0.15, -0.1) is 6.58 Å². The van der Waals surface area contributed by atoms with Crippen LogP contribution in [0.2, 0.25) is 0 Å². The van der Waals surface area contributed by atoms with E-state index in [1.54, 1.807) is 18.2 Å². The molecule has 32 heavy (non-hydrogen) atoms. The van der Waals surface area contributed by atoms with Gasteiger partial charge in [0.1, 0.15) is 0 Å². The van der Waals surface area contributed by atoms with Crippen LogP contribution in [-0.4, -0.2) is 44.2 Å². The van der Waals surface area contributed by atoms with E-state index in [9.17, 15) is 14.4 Å². The number of amides is 3. The molecule has 0 aliphatic carbocycles. The monoisotopic (exact) mass is 438 g/mol. The van der Waals surface area contributed by atoms with Crippen molar-refractivity contribution < 1.29 is 23.9 Å². The van der Waals surface area contributed by atoms with Crippen molar-refractivity contribution in [2.45, 2.75) is 13.8 Å². The number of hydrogen-bond donors (Lipinski definition) is 3. The molecule has 0 atom stereocenters. The fraction of sp³-hybridized carbons (Fsp3) is 0.217. The summed E-state index contributed by atoms with van der Waals surface area (Å²) in [4.78, 5) is 35.2. The highest BCUT2D eigenvalue weighted by Gasteiger charge is 2.11. The number of anilines is 1. The molecular formula is C23H26N4O5. The molecule has 9 heteroatoms. The lowest BCUT2D eigenvalue weighted by molar-refractivity contribution is -0.139. The molecule has 3 N–H and O–H groups in total. The third-order valence-electron chi connectivity index (χ3n) is 4.33. The molecular weight excluding hydrogens is 412 g/mol. The number of hydrogen-bond acceptors (Lipinski definition) is 6. The fourth-order valence-electron chi connectivity index (χ4n) is 2.50. The zero-order valence-corrected chi connectivity index (χ0v) is 18.2. The van der Waals surface area contributed by atoms with Crippen LogP contribution >= 0.6 is 0 Å². The normalized spacial score (nSPS) is 10.3. The second-order valence-corrected chi connectivity index (χ2v) is 6.74. The van der Waals surface area contributed by atoms with Gasteiger partial charge in [0.15, 0.2) is 18.1 Å². The van der Waals surface area contributed by atoms with Crippen LogP contribution in [0.25, 0.3) is 0 Å². The van der Waals surface area contributed by atoms with E-state index in [2.05, 4.69) is 27.7 Å². The third kappa shape index (κ3) is 7.28. The summed E-state index contributed by atoms with van der Waals surface area (Å²) in [6, 6.07) is 10.5. The first kappa shape index (κ1) is 24.1. The molecule has 2 aromatic rings. The third-order valence-corrected chi connectivity index (χ3v) is 4.33. The van der Waals surface area contributed by atoms with Crippen molar-refractivity contribution in [3.8, 4) is 11.5 Å². The summed E-state index contributed by atoms with van der Waals surface area (Å²) in [5.74, 6) is -1.28. The van der Waals surface area contributed by atoms with E-state index in [0.717, 1.165) is 11.1 Å². The minimum Gasteiger partial charge on any atom is -0.493 e. The van der Waals surface area contributed by atoms with Crippen molar-refractivity contribution in [2.75, 3.05) is 25.6 Å². The van der Waals surface area contributed by atoms with E-state index < -0.39 is 11.8 Å². The van der Waals surface area contributed by atoms with Crippen molar-refractivity contribution >= 4 is 29.6 Å². The Bertz CT molecular complexity index is 1030. The van der Waals surface area contributed by atoms with Crippen LogP contribution in [0.15, 0.2) is 54.2 Å². The van der Waals surface area contributed by atoms with Crippen molar-refractivity contribution in [1.29, 1.82) is 0 Å². The summed E-state index contributed by atoms with van der Waals surface area (Å²) >= 11 is 0. The number of ether oxygens (including phenoxy) is 2. The van der Waals surface area contributed by atoms with Gasteiger partial charge in [-0.2, -0.15) is 5.10 Å². The van der Waals surface area contributed by atoms with E-state index in [-0.39, 0.29) is 19.1 Å². The lowest BCUT2D eigenvalue weighted by Crippen LogP contribution is -2.37. The van der Waals surface area contributed by atoms with Crippen LogP contribution in [0.3, 0.4) is 0 Å². The Morgan fingerprint density at radius 1 is 1.03 bits per heavy atom. The number of benzene rings is 2. The number of aryl methyl sites for hydroxylation is 2. The molecule has 0 saturated carbocycles. The molecule has 2 aromatic carbocycles. The average Bonchev–Trinajstić information content (AvgIpc) is 2.78. The predicted octanol–water partition coefficient (Wildman–Crippen LogP) is 2.08. The van der Waals surface area contributed by atoms with Gasteiger partial charge < -0.3 is 20.1 Å². The molecule has 0 bridgehead atoms. The number of carbonyl (C=O) groups excluding carboxylic acids is 3. The van der Waals surface area contributed by atoms with Crippen LogP contribution in [-0.2, 0) is 14.4 Å². The molecule has 0 radical (unpaired) electrons. The second-order valence-electron chi connectivity index (χ2n) is 6.74. The maximum absolute atomic E-state index is 12.2. The van der Waals surface area contributed by atoms with Gasteiger partial charge in [-0.3, -0.25) is 14.4 Å². The summed E-state index contributed by atoms with van der Waals surface area (Å²) in [6.07, 6.45) is 2.80. The molecule has 0 spiro atoms. The second kappa shape index (κ2) is 11.9. The van der Waals surface area contributed by atoms with Gasteiger partial charge in [0.2, 0.25) is 0 Å². The Balaban J connectivity index is 1.92. The summed E-state index contributed by atoms with van der Waals surface area (Å²) in [7, 11) is 1.46. The molecule has 0 aliphatic heterocycles. The van der Waals surface area contributed by atoms with Crippen LogP contribution in [0.4, 0.5) is 5.69 Å². The minimum atomic E-state index is -0.898. The number of hydrazone groups is 1. The SMILES string of the molecule is C=CCNC(=O)C(=O)N/N=C\c1ccc(OCC(=O)Nc2ccc(C)c(C)c2)c(OC)c1. The molecule has 2 rings (SSSR count). The van der Waals surface area contributed by atoms with E-state index in [0.29, 0.717) is 22.7 Å². The summed E-state index contributed by atoms with van der Waals surface area (Å²) in [5, 5.41) is 8.86. The Hall–Kier alpha value is -4.14. The van der Waals surface area contributed by atoms with E-state index in [1.807, 2.05) is 32.0 Å². The number of nitrogens with one attached hydrogen (secondary N) is 3. The molecule has 3 amide bonds. The van der Waals surface area contributed by atoms with E-state index >= 15 is 0 Å². The number of rotatable bonds is 9. The molecule has 9 nitrogen and oxygen atoms in total. The number of carbonyl (C=O) groups is 3. The maximum atomic E-state index is 12.2. The molecule has 0 aliphatic rings. The fourth-order valence-corrected chi connectivity index (χ4v) is 2.50. The maximum Gasteiger partial charge on any atom is 0.329 e. The van der Waals surface area contributed by atoms with Gasteiger partial charge in [0, 0.05) is 12.2 Å². The lowest BCUT2D eigenvalue weighted by Gasteiger charge is -2.12. The lowest BCUT2D eigenvalue weighted by atomic mass is 10.1. The zero-order valence-electron chi connectivity index (χ0n) is 18.2. The quantitative estimate of drug-likeness (QED) is 0.240. The van der Waals surface area contributed by atoms with Crippen LogP contribution in [0, 0.1) is 13.8 Å². The highest BCUT2D eigenvalue weighted by atomic mass is 16.5. The average molecular weight is 438 g/mol. The Labute approximate surface area is 186 Å². The molecule has 0 unspecified atom stereocenters. The highest BCUT2D eigenvalue weighted by molar-refractivity contribution is 6.35. The molecule has 168 valence electrons. The van der Waals surface area contributed by atoms with Gasteiger partial charge in [-0.25, -0.2) is 5.43 Å². The largest absolute Gasteiger partial charge is 0.493 e. The first-order chi connectivity index (χ1) is 15.3. The number of methoxy groups -OCH3 is 1. The highest BCUT2D eigenvalue weighted by Crippen LogP contribution is 2.27. The number of nitrogens with zero attached hydrogens (tertiary/aromatic N) is 1. The Morgan fingerprint density at radius 2 is 1.81 bits per heavy atom. The van der Waals surface area contributed by atoms with Gasteiger partial charge in [-0.1, -0.05) is 12.1 Å². The summed E-state index contributed by atoms with van der Waals surface area (Å²) in [5.41, 5.74) is 5.62. The molecule has 0 aromatic heterocycles. The van der Waals surface area contributed by atoms with Crippen LogP contribution in [0.1, 0.15) is 16.7 Å². The first-order valence-electron chi connectivity index (χ1n) is 9.74. The smallest absolute Gasteiger partial charge is 0.329 e. The van der Waals surface area contributed by atoms with Crippen LogP contribution in [0.5, 0.6) is 11.5 Å². The minimum absolute atomic E-state index is 0.178. The molecule has 0 saturated heterocycles. The standard InChI is InChI=1S/C23H26N4O5/c1-5-10-24-22(29)23(30)27-25-13-17-7-9-19(20(12-17)31-4)32-14-21(28)26-18-8-6-15(2)16(3)11-18/h5-9,11-13H,1,10,14H2,2-4H3,(H,24,29)(H,26,28)(H,27,30)/b25-13-. The Morgan fingerprint density at radius 3 is 2.50 bits per heavy atom. The van der Waals surface area contributed by atoms with E-state index in [1.165, 1.54) is 19.4 Å².